The standard InChI is InChI=1S/C16H21FN2O2/c1-19-11-4-2-5-12(19)9-10(8-11)18-16(21)15-13(17)6-3-7-14(15)20/h3,6-7,10-12,20H,2,4-5,8-9H2,1H3,(H,18,21). The molecule has 2 saturated heterocycles. The van der Waals surface area contributed by atoms with Crippen molar-refractivity contribution in [2.45, 2.75) is 50.2 Å². The maximum Gasteiger partial charge on any atom is 0.258 e. The fraction of sp³-hybridized carbons (Fsp3) is 0.562. The number of hydrogen-bond acceptors (Lipinski definition) is 3. The maximum absolute atomic E-state index is 13.7. The third-order valence-corrected chi connectivity index (χ3v) is 4.89. The zero-order valence-corrected chi connectivity index (χ0v) is 12.2. The van der Waals surface area contributed by atoms with E-state index in [0.717, 1.165) is 25.7 Å². The van der Waals surface area contributed by atoms with Crippen molar-refractivity contribution in [3.8, 4) is 5.75 Å². The van der Waals surface area contributed by atoms with E-state index in [1.54, 1.807) is 0 Å². The second-order valence-corrected chi connectivity index (χ2v) is 6.18. The molecule has 0 aromatic heterocycles. The molecule has 3 rings (SSSR count). The Morgan fingerprint density at radius 1 is 1.33 bits per heavy atom. The number of carbonyl (C=O) groups is 1. The highest BCUT2D eigenvalue weighted by molar-refractivity contribution is 5.97. The SMILES string of the molecule is CN1C2CCCC1CC(NC(=O)c1c(O)cccc1F)C2. The predicted octanol–water partition coefficient (Wildman–Crippen LogP) is 2.28. The van der Waals surface area contributed by atoms with E-state index >= 15 is 0 Å². The van der Waals surface area contributed by atoms with E-state index in [4.69, 9.17) is 0 Å². The number of nitrogens with one attached hydrogen (secondary N) is 1. The molecule has 5 heteroatoms. The summed E-state index contributed by atoms with van der Waals surface area (Å²) in [7, 11) is 2.15. The number of halogens is 1. The third-order valence-electron chi connectivity index (χ3n) is 4.89. The number of piperidine rings is 2. The number of benzene rings is 1. The molecule has 2 aliphatic rings. The Bertz CT molecular complexity index is 515. The van der Waals surface area contributed by atoms with E-state index in [1.807, 2.05) is 0 Å². The van der Waals surface area contributed by atoms with E-state index in [2.05, 4.69) is 17.3 Å². The summed E-state index contributed by atoms with van der Waals surface area (Å²) in [5.74, 6) is -1.50. The number of carbonyl (C=O) groups excluding carboxylic acids is 1. The number of aromatic hydroxyl groups is 1. The van der Waals surface area contributed by atoms with Crippen LogP contribution in [0.2, 0.25) is 0 Å². The Labute approximate surface area is 124 Å². The van der Waals surface area contributed by atoms with Crippen LogP contribution in [0.4, 0.5) is 4.39 Å². The van der Waals surface area contributed by atoms with Crippen molar-refractivity contribution in [2.75, 3.05) is 7.05 Å². The maximum atomic E-state index is 13.7. The lowest BCUT2D eigenvalue weighted by Gasteiger charge is -2.47. The fourth-order valence-corrected chi connectivity index (χ4v) is 3.73. The van der Waals surface area contributed by atoms with Crippen LogP contribution in [0.5, 0.6) is 5.75 Å². The number of nitrogens with zero attached hydrogens (tertiary/aromatic N) is 1. The Balaban J connectivity index is 1.71. The van der Waals surface area contributed by atoms with E-state index in [-0.39, 0.29) is 17.4 Å². The number of hydrogen-bond donors (Lipinski definition) is 2. The summed E-state index contributed by atoms with van der Waals surface area (Å²) in [6.07, 6.45) is 5.35. The van der Waals surface area contributed by atoms with Gasteiger partial charge in [0.15, 0.2) is 0 Å². The molecule has 0 radical (unpaired) electrons. The zero-order valence-electron chi connectivity index (χ0n) is 12.2. The molecule has 2 fully saturated rings. The van der Waals surface area contributed by atoms with Crippen LogP contribution in [-0.4, -0.2) is 41.1 Å². The number of amides is 1. The van der Waals surface area contributed by atoms with Crippen LogP contribution in [0.1, 0.15) is 42.5 Å². The number of rotatable bonds is 2. The van der Waals surface area contributed by atoms with Crippen molar-refractivity contribution < 1.29 is 14.3 Å². The molecular formula is C16H21FN2O2. The van der Waals surface area contributed by atoms with Crippen LogP contribution in [0.15, 0.2) is 18.2 Å². The van der Waals surface area contributed by atoms with Crippen LogP contribution >= 0.6 is 0 Å². The molecule has 0 saturated carbocycles. The van der Waals surface area contributed by atoms with Gasteiger partial charge in [-0.3, -0.25) is 4.79 Å². The minimum absolute atomic E-state index is 0.0583. The van der Waals surface area contributed by atoms with Gasteiger partial charge in [-0.15, -0.1) is 0 Å². The number of phenols is 1. The Hall–Kier alpha value is -1.62. The molecule has 2 N–H and O–H groups in total. The summed E-state index contributed by atoms with van der Waals surface area (Å²) >= 11 is 0. The molecule has 114 valence electrons. The van der Waals surface area contributed by atoms with Crippen LogP contribution < -0.4 is 5.32 Å². The lowest BCUT2D eigenvalue weighted by Crippen LogP contribution is -2.55. The van der Waals surface area contributed by atoms with E-state index in [9.17, 15) is 14.3 Å². The molecule has 2 heterocycles. The summed E-state index contributed by atoms with van der Waals surface area (Å²) in [6, 6.07) is 4.97. The van der Waals surface area contributed by atoms with Crippen LogP contribution in [0.25, 0.3) is 0 Å². The highest BCUT2D eigenvalue weighted by Gasteiger charge is 2.36. The van der Waals surface area contributed by atoms with Gasteiger partial charge in [0.1, 0.15) is 17.1 Å². The largest absolute Gasteiger partial charge is 0.507 e. The molecule has 1 amide bonds. The average Bonchev–Trinajstić information content (AvgIpc) is 2.39. The minimum atomic E-state index is -0.680. The van der Waals surface area contributed by atoms with Gasteiger partial charge in [-0.2, -0.15) is 0 Å². The van der Waals surface area contributed by atoms with Crippen molar-refractivity contribution in [1.29, 1.82) is 0 Å². The first-order valence-corrected chi connectivity index (χ1v) is 7.56. The number of fused-ring (bicyclic) bond motifs is 2. The zero-order chi connectivity index (χ0) is 15.0. The normalized spacial score (nSPS) is 29.1. The van der Waals surface area contributed by atoms with Gasteiger partial charge in [0.05, 0.1) is 0 Å². The Morgan fingerprint density at radius 2 is 2.00 bits per heavy atom. The summed E-state index contributed by atoms with van der Waals surface area (Å²) in [5.41, 5.74) is -0.249. The summed E-state index contributed by atoms with van der Waals surface area (Å²) in [4.78, 5) is 14.6. The molecule has 21 heavy (non-hydrogen) atoms. The van der Waals surface area contributed by atoms with Crippen molar-refractivity contribution in [3.05, 3.63) is 29.6 Å². The van der Waals surface area contributed by atoms with E-state index < -0.39 is 11.7 Å². The first-order chi connectivity index (χ1) is 10.1. The van der Waals surface area contributed by atoms with Gasteiger partial charge in [-0.25, -0.2) is 4.39 Å². The summed E-state index contributed by atoms with van der Waals surface area (Å²) in [5, 5.41) is 12.6. The molecule has 1 aromatic rings. The van der Waals surface area contributed by atoms with Gasteiger partial charge in [0, 0.05) is 18.1 Å². The molecular weight excluding hydrogens is 271 g/mol. The summed E-state index contributed by atoms with van der Waals surface area (Å²) < 4.78 is 13.7. The van der Waals surface area contributed by atoms with E-state index in [0.29, 0.717) is 12.1 Å². The monoisotopic (exact) mass is 292 g/mol. The minimum Gasteiger partial charge on any atom is -0.507 e. The van der Waals surface area contributed by atoms with Crippen molar-refractivity contribution in [1.82, 2.24) is 10.2 Å². The van der Waals surface area contributed by atoms with Crippen LogP contribution in [0.3, 0.4) is 0 Å². The smallest absolute Gasteiger partial charge is 0.258 e. The van der Waals surface area contributed by atoms with Gasteiger partial charge >= 0.3 is 0 Å². The highest BCUT2D eigenvalue weighted by Crippen LogP contribution is 2.33. The quantitative estimate of drug-likeness (QED) is 0.879. The van der Waals surface area contributed by atoms with Crippen LogP contribution in [-0.2, 0) is 0 Å². The lowest BCUT2D eigenvalue weighted by atomic mass is 9.82. The van der Waals surface area contributed by atoms with Gasteiger partial charge in [-0.1, -0.05) is 12.5 Å². The van der Waals surface area contributed by atoms with Gasteiger partial charge < -0.3 is 15.3 Å². The third kappa shape index (κ3) is 2.75. The van der Waals surface area contributed by atoms with E-state index in [1.165, 1.54) is 24.6 Å². The highest BCUT2D eigenvalue weighted by atomic mass is 19.1. The Morgan fingerprint density at radius 3 is 2.62 bits per heavy atom. The van der Waals surface area contributed by atoms with Crippen molar-refractivity contribution >= 4 is 5.91 Å². The molecule has 0 aliphatic carbocycles. The topological polar surface area (TPSA) is 52.6 Å². The second kappa shape index (κ2) is 5.64. The molecule has 2 aliphatic heterocycles. The first kappa shape index (κ1) is 14.3. The summed E-state index contributed by atoms with van der Waals surface area (Å²) in [6.45, 7) is 0. The molecule has 4 nitrogen and oxygen atoms in total. The molecule has 2 atom stereocenters. The second-order valence-electron chi connectivity index (χ2n) is 6.18. The van der Waals surface area contributed by atoms with Gasteiger partial charge in [-0.05, 0) is 44.9 Å². The van der Waals surface area contributed by atoms with Gasteiger partial charge in [0.2, 0.25) is 0 Å². The lowest BCUT2D eigenvalue weighted by molar-refractivity contribution is 0.0461. The predicted molar refractivity (Wildman–Crippen MR) is 77.7 cm³/mol. The van der Waals surface area contributed by atoms with Crippen LogP contribution in [0, 0.1) is 5.82 Å². The average molecular weight is 292 g/mol. The van der Waals surface area contributed by atoms with Gasteiger partial charge in [0.25, 0.3) is 5.91 Å². The molecule has 2 unspecified atom stereocenters. The fourth-order valence-electron chi connectivity index (χ4n) is 3.73. The first-order valence-electron chi connectivity index (χ1n) is 7.56. The van der Waals surface area contributed by atoms with Crippen molar-refractivity contribution in [3.63, 3.8) is 0 Å². The van der Waals surface area contributed by atoms with Crippen molar-refractivity contribution in [2.24, 2.45) is 0 Å². The number of phenolic OH excluding ortho intramolecular Hbond substituents is 1. The molecule has 1 aromatic carbocycles. The molecule has 0 spiro atoms. The Kier molecular flexibility index (Phi) is 3.85. The molecule has 2 bridgehead atoms.